The molecule has 5 nitrogen and oxygen atoms in total. The van der Waals surface area contributed by atoms with Crippen LogP contribution in [0.5, 0.6) is 0 Å². The number of rotatable bonds is 1. The fourth-order valence-corrected chi connectivity index (χ4v) is 3.74. The number of ether oxygens (including phenoxy) is 2. The number of amides is 1. The Morgan fingerprint density at radius 3 is 2.26 bits per heavy atom. The highest BCUT2D eigenvalue weighted by atomic mass is 16.6. The summed E-state index contributed by atoms with van der Waals surface area (Å²) in [5.74, 6) is -0.249. The van der Waals surface area contributed by atoms with Crippen LogP contribution in [-0.4, -0.2) is 48.7 Å². The van der Waals surface area contributed by atoms with Crippen LogP contribution in [-0.2, 0) is 19.1 Å². The van der Waals surface area contributed by atoms with Crippen LogP contribution in [0.1, 0.15) is 33.6 Å². The second-order valence-electron chi connectivity index (χ2n) is 6.58. The summed E-state index contributed by atoms with van der Waals surface area (Å²) in [5, 5.41) is 0. The lowest BCUT2D eigenvalue weighted by atomic mass is 9.66. The summed E-state index contributed by atoms with van der Waals surface area (Å²) >= 11 is 0. The molecule has 0 aromatic rings. The molecule has 3 fully saturated rings. The average molecular weight is 267 g/mol. The van der Waals surface area contributed by atoms with Crippen LogP contribution >= 0.6 is 0 Å². The van der Waals surface area contributed by atoms with Gasteiger partial charge in [-0.15, -0.1) is 0 Å². The monoisotopic (exact) mass is 267 g/mol. The smallest absolute Gasteiger partial charge is 0.313 e. The number of hydrogen-bond acceptors (Lipinski definition) is 4. The van der Waals surface area contributed by atoms with E-state index in [4.69, 9.17) is 9.47 Å². The van der Waals surface area contributed by atoms with Gasteiger partial charge in [0.05, 0.1) is 18.6 Å². The lowest BCUT2D eigenvalue weighted by Crippen LogP contribution is -2.57. The molecule has 3 rings (SSSR count). The number of esters is 1. The number of carbonyl (C=O) groups is 2. The van der Waals surface area contributed by atoms with Gasteiger partial charge in [-0.2, -0.15) is 0 Å². The molecule has 3 aliphatic rings. The Morgan fingerprint density at radius 1 is 1.16 bits per heavy atom. The molecule has 1 saturated carbocycles. The minimum absolute atomic E-state index is 0.0321. The van der Waals surface area contributed by atoms with Gasteiger partial charge in [0.25, 0.3) is 5.91 Å². The summed E-state index contributed by atoms with van der Waals surface area (Å²) in [6, 6.07) is 0. The van der Waals surface area contributed by atoms with Gasteiger partial charge in [0.1, 0.15) is 0 Å². The Balaban J connectivity index is 1.95. The Hall–Kier alpha value is -1.10. The van der Waals surface area contributed by atoms with E-state index in [9.17, 15) is 9.59 Å². The molecule has 1 amide bonds. The Bertz CT molecular complexity index is 441. The van der Waals surface area contributed by atoms with Crippen molar-refractivity contribution in [1.82, 2.24) is 4.90 Å². The zero-order valence-corrected chi connectivity index (χ0v) is 11.8. The fraction of sp³-hybridized carbons (Fsp3) is 0.857. The minimum Gasteiger partial charge on any atom is -0.448 e. The zero-order valence-electron chi connectivity index (χ0n) is 11.8. The van der Waals surface area contributed by atoms with Crippen molar-refractivity contribution in [3.63, 3.8) is 0 Å². The van der Waals surface area contributed by atoms with Crippen LogP contribution in [0.25, 0.3) is 0 Å². The van der Waals surface area contributed by atoms with E-state index in [1.807, 2.05) is 20.8 Å². The van der Waals surface area contributed by atoms with Crippen molar-refractivity contribution in [2.75, 3.05) is 26.3 Å². The molecule has 1 aliphatic carbocycles. The van der Waals surface area contributed by atoms with Gasteiger partial charge in [0.2, 0.25) is 0 Å². The molecule has 2 aliphatic heterocycles. The number of nitrogens with zero attached hydrogens (tertiary/aromatic N) is 1. The van der Waals surface area contributed by atoms with Crippen LogP contribution in [0.4, 0.5) is 0 Å². The molecule has 2 saturated heterocycles. The molecule has 0 aromatic carbocycles. The third-order valence-corrected chi connectivity index (χ3v) is 5.73. The molecule has 106 valence electrons. The molecule has 0 unspecified atom stereocenters. The predicted octanol–water partition coefficient (Wildman–Crippen LogP) is 0.967. The summed E-state index contributed by atoms with van der Waals surface area (Å²) in [4.78, 5) is 26.8. The largest absolute Gasteiger partial charge is 0.448 e. The quantitative estimate of drug-likeness (QED) is 0.664. The number of morpholine rings is 1. The highest BCUT2D eigenvalue weighted by Gasteiger charge is 2.76. The highest BCUT2D eigenvalue weighted by Crippen LogP contribution is 2.65. The summed E-state index contributed by atoms with van der Waals surface area (Å²) in [6.45, 7) is 8.21. The molecule has 2 atom stereocenters. The van der Waals surface area contributed by atoms with Crippen molar-refractivity contribution in [2.24, 2.45) is 10.8 Å². The third kappa shape index (κ3) is 1.34. The van der Waals surface area contributed by atoms with Gasteiger partial charge in [0.15, 0.2) is 5.60 Å². The van der Waals surface area contributed by atoms with Crippen molar-refractivity contribution >= 4 is 11.9 Å². The van der Waals surface area contributed by atoms with E-state index in [0.29, 0.717) is 32.7 Å². The van der Waals surface area contributed by atoms with E-state index >= 15 is 0 Å². The van der Waals surface area contributed by atoms with E-state index in [1.165, 1.54) is 0 Å². The second-order valence-corrected chi connectivity index (χ2v) is 6.58. The number of fused-ring (bicyclic) bond motifs is 2. The molecule has 5 heteroatoms. The van der Waals surface area contributed by atoms with Crippen LogP contribution in [0, 0.1) is 10.8 Å². The zero-order chi connectivity index (χ0) is 13.9. The molecule has 0 radical (unpaired) electrons. The molecule has 0 aromatic heterocycles. The van der Waals surface area contributed by atoms with E-state index in [0.717, 1.165) is 6.42 Å². The fourth-order valence-electron chi connectivity index (χ4n) is 3.74. The molecule has 0 N–H and O–H groups in total. The number of carbonyl (C=O) groups excluding carboxylic acids is 2. The van der Waals surface area contributed by atoms with E-state index in [1.54, 1.807) is 4.90 Å². The maximum atomic E-state index is 12.9. The SMILES string of the molecule is CC1(C)[C@@]2(C(=O)N3CCOCC3)CC[C@]1(C)C(=O)O2. The topological polar surface area (TPSA) is 55.8 Å². The van der Waals surface area contributed by atoms with Gasteiger partial charge in [-0.3, -0.25) is 9.59 Å². The van der Waals surface area contributed by atoms with Crippen molar-refractivity contribution in [3.05, 3.63) is 0 Å². The van der Waals surface area contributed by atoms with Gasteiger partial charge < -0.3 is 14.4 Å². The van der Waals surface area contributed by atoms with Crippen molar-refractivity contribution in [1.29, 1.82) is 0 Å². The summed E-state index contributed by atoms with van der Waals surface area (Å²) in [5.41, 5.74) is -1.95. The van der Waals surface area contributed by atoms with Gasteiger partial charge in [-0.05, 0) is 19.8 Å². The van der Waals surface area contributed by atoms with E-state index in [2.05, 4.69) is 0 Å². The average Bonchev–Trinajstić information content (AvgIpc) is 2.69. The first-order chi connectivity index (χ1) is 8.85. The van der Waals surface area contributed by atoms with Crippen molar-refractivity contribution in [3.8, 4) is 0 Å². The van der Waals surface area contributed by atoms with Gasteiger partial charge in [0, 0.05) is 18.5 Å². The Labute approximate surface area is 113 Å². The minimum atomic E-state index is -0.962. The second kappa shape index (κ2) is 3.72. The number of hydrogen-bond donors (Lipinski definition) is 0. The highest BCUT2D eigenvalue weighted by molar-refractivity contribution is 5.96. The third-order valence-electron chi connectivity index (χ3n) is 5.73. The van der Waals surface area contributed by atoms with Gasteiger partial charge >= 0.3 is 5.97 Å². The predicted molar refractivity (Wildman–Crippen MR) is 67.3 cm³/mol. The first-order valence-electron chi connectivity index (χ1n) is 6.96. The van der Waals surface area contributed by atoms with Gasteiger partial charge in [-0.1, -0.05) is 13.8 Å². The molecule has 2 heterocycles. The lowest BCUT2D eigenvalue weighted by molar-refractivity contribution is -0.176. The van der Waals surface area contributed by atoms with Crippen molar-refractivity contribution < 1.29 is 19.1 Å². The summed E-state index contributed by atoms with van der Waals surface area (Å²) in [7, 11) is 0. The van der Waals surface area contributed by atoms with Crippen molar-refractivity contribution in [2.45, 2.75) is 39.2 Å². The van der Waals surface area contributed by atoms with Crippen LogP contribution in [0.3, 0.4) is 0 Å². The van der Waals surface area contributed by atoms with Crippen LogP contribution < -0.4 is 0 Å². The standard InChI is InChI=1S/C14H21NO4/c1-12(2)13(3)4-5-14(12,19-11(13)17)10(16)15-6-8-18-9-7-15/h4-9H2,1-3H3/t13-,14+/m1/s1. The molecule has 19 heavy (non-hydrogen) atoms. The van der Waals surface area contributed by atoms with Crippen LogP contribution in [0.2, 0.25) is 0 Å². The Morgan fingerprint density at radius 2 is 1.79 bits per heavy atom. The molecule has 2 bridgehead atoms. The Kier molecular flexibility index (Phi) is 2.53. The first-order valence-corrected chi connectivity index (χ1v) is 6.96. The lowest BCUT2D eigenvalue weighted by Gasteiger charge is -2.40. The normalized spacial score (nSPS) is 40.4. The first kappa shape index (κ1) is 12.9. The summed E-state index contributed by atoms with van der Waals surface area (Å²) < 4.78 is 10.9. The van der Waals surface area contributed by atoms with E-state index in [-0.39, 0.29) is 11.9 Å². The summed E-state index contributed by atoms with van der Waals surface area (Å²) in [6.07, 6.45) is 1.37. The molecular weight excluding hydrogens is 246 g/mol. The molecule has 0 spiro atoms. The maximum absolute atomic E-state index is 12.9. The van der Waals surface area contributed by atoms with E-state index < -0.39 is 16.4 Å². The maximum Gasteiger partial charge on any atom is 0.313 e. The van der Waals surface area contributed by atoms with Gasteiger partial charge in [-0.25, -0.2) is 0 Å². The van der Waals surface area contributed by atoms with Crippen LogP contribution in [0.15, 0.2) is 0 Å². The molecular formula is C14H21NO4.